The summed E-state index contributed by atoms with van der Waals surface area (Å²) < 4.78 is 24.3. The van der Waals surface area contributed by atoms with Gasteiger partial charge in [0.05, 0.1) is 65.4 Å². The summed E-state index contributed by atoms with van der Waals surface area (Å²) in [5.41, 5.74) is 3.55. The molecule has 10 heterocycles. The van der Waals surface area contributed by atoms with Crippen LogP contribution in [0.3, 0.4) is 0 Å². The number of ether oxygens (including phenoxy) is 5. The number of esters is 1. The molecule has 23 nitrogen and oxygen atoms in total. The Labute approximate surface area is 653 Å². The summed E-state index contributed by atoms with van der Waals surface area (Å²) in [5, 5.41) is 64.0. The van der Waals surface area contributed by atoms with E-state index in [2.05, 4.69) is 27.7 Å². The quantitative estimate of drug-likeness (QED) is 0.0842. The van der Waals surface area contributed by atoms with Crippen LogP contribution < -0.4 is 0 Å². The maximum atomic E-state index is 11.1. The summed E-state index contributed by atoms with van der Waals surface area (Å²) in [4.78, 5) is 120. The molecule has 10 rings (SSSR count). The summed E-state index contributed by atoms with van der Waals surface area (Å²) in [7, 11) is 2.75. The minimum atomic E-state index is -0.914. The monoisotopic (exact) mass is 1640 g/mol. The standard InChI is InChI=1S/C8H12O3S.C8H10O3S.C8H12OS.4C7H10O2S.C7H10OS.C6H8O4S.C6H8O3S/c1-8(2,3)11-6-5(9)4-12-7(6)10;1-2-11-7(9)5-6-3-4-12-8(6)10;1-8(2,3)6-4-5-10-7(6)9;1-4-5(8)7(2,3)10-6(4)9;1-3-9-6-4-7(8)10-5(6)2;1-3-5-6(8)4(2)10-7(5)9;1-2-3-6-5(8)4-7(9)10-6;1-4-5(2)7(8)9-6(4)3;1-9-3-4(10-2)6(8)11-5(3)7;7-2-1-5-4(8)3-6(9)10-5/h9H,4H2,1-3H3;3H,2,4-5H2,1H3;4H,5H2,1-3H3;8H,1-3H3;4-5H,3H2,1-2H3;4,8H,3H2,1-2H3;4,6,8H,2-3H2,1H3;6H,1-3H3;5,7H,1-2H3;3,5,7-8H,1-2H2. The largest absolute Gasteiger partial charge is 0.511 e. The minimum Gasteiger partial charge on any atom is -0.511 e. The molecule has 0 radical (unpaired) electrons. The van der Waals surface area contributed by atoms with Crippen molar-refractivity contribution in [3.63, 3.8) is 0 Å². The van der Waals surface area contributed by atoms with Crippen molar-refractivity contribution < 1.29 is 112 Å². The highest BCUT2D eigenvalue weighted by Gasteiger charge is 2.38. The van der Waals surface area contributed by atoms with Crippen LogP contribution in [0.4, 0.5) is 0 Å². The molecule has 0 amide bonds. The maximum Gasteiger partial charge on any atom is 0.310 e. The number of hydrogen-bond acceptors (Lipinski definition) is 33. The molecule has 104 heavy (non-hydrogen) atoms. The van der Waals surface area contributed by atoms with Crippen LogP contribution in [0.1, 0.15) is 157 Å². The first-order valence-electron chi connectivity index (χ1n) is 32.7. The second-order valence-electron chi connectivity index (χ2n) is 25.0. The minimum absolute atomic E-state index is 0.00282. The molecule has 6 unspecified atom stereocenters. The van der Waals surface area contributed by atoms with Crippen LogP contribution in [0.5, 0.6) is 0 Å². The molecule has 0 aliphatic carbocycles. The molecule has 0 fully saturated rings. The molecule has 582 valence electrons. The van der Waals surface area contributed by atoms with Crippen LogP contribution in [0, 0.1) is 5.41 Å². The normalized spacial score (nSPS) is 22.9. The molecule has 0 aromatic carbocycles. The molecule has 0 saturated carbocycles. The number of methoxy groups -OCH3 is 2. The summed E-state index contributed by atoms with van der Waals surface area (Å²) in [6.45, 7) is 35.4. The lowest BCUT2D eigenvalue weighted by atomic mass is 9.87. The van der Waals surface area contributed by atoms with E-state index in [9.17, 15) is 68.1 Å². The Balaban J connectivity index is 0.000000578. The van der Waals surface area contributed by atoms with Gasteiger partial charge in [0.1, 0.15) is 40.2 Å². The second-order valence-corrected chi connectivity index (χ2v) is 37.0. The zero-order valence-electron chi connectivity index (χ0n) is 62.4. The van der Waals surface area contributed by atoms with E-state index in [1.54, 1.807) is 26.0 Å². The molecule has 7 N–H and O–H groups in total. The van der Waals surface area contributed by atoms with Crippen LogP contribution in [-0.2, 0) is 76.4 Å². The lowest BCUT2D eigenvalue weighted by Gasteiger charge is -2.20. The maximum absolute atomic E-state index is 11.1. The van der Waals surface area contributed by atoms with Gasteiger partial charge in [-0.25, -0.2) is 0 Å². The van der Waals surface area contributed by atoms with Crippen molar-refractivity contribution >= 4 is 175 Å². The van der Waals surface area contributed by atoms with E-state index in [-0.39, 0.29) is 143 Å². The Hall–Kier alpha value is -4.81. The fraction of sp³-hybridized carbons (Fsp3) is 0.563. The van der Waals surface area contributed by atoms with E-state index >= 15 is 0 Å². The predicted octanol–water partition coefficient (Wildman–Crippen LogP) is 14.9. The highest BCUT2D eigenvalue weighted by molar-refractivity contribution is 8.17. The number of aliphatic hydroxyl groups excluding tert-OH is 7. The van der Waals surface area contributed by atoms with Crippen molar-refractivity contribution in [2.24, 2.45) is 5.41 Å². The lowest BCUT2D eigenvalue weighted by Crippen LogP contribution is -2.20. The summed E-state index contributed by atoms with van der Waals surface area (Å²) in [6.07, 6.45) is 11.0. The Kier molecular flexibility index (Phi) is 44.1. The predicted molar refractivity (Wildman–Crippen MR) is 426 cm³/mol. The van der Waals surface area contributed by atoms with Gasteiger partial charge in [-0.05, 0) is 126 Å². The summed E-state index contributed by atoms with van der Waals surface area (Å²) in [6, 6.07) is 0. The Morgan fingerprint density at radius 2 is 1.14 bits per heavy atom. The zero-order valence-corrected chi connectivity index (χ0v) is 70.5. The Morgan fingerprint density at radius 1 is 0.596 bits per heavy atom. The van der Waals surface area contributed by atoms with Gasteiger partial charge in [-0.15, -0.1) is 0 Å². The number of rotatable bonds is 13. The molecule has 10 aliphatic heterocycles. The van der Waals surface area contributed by atoms with Crippen LogP contribution in [-0.4, -0.2) is 186 Å². The highest BCUT2D eigenvalue weighted by Crippen LogP contribution is 2.42. The number of carbonyl (C=O) groups is 11. The van der Waals surface area contributed by atoms with Gasteiger partial charge in [0.15, 0.2) is 11.2 Å². The third kappa shape index (κ3) is 33.4. The van der Waals surface area contributed by atoms with E-state index < -0.39 is 15.8 Å². The van der Waals surface area contributed by atoms with Gasteiger partial charge >= 0.3 is 5.97 Å². The Morgan fingerprint density at radius 3 is 1.43 bits per heavy atom. The van der Waals surface area contributed by atoms with Gasteiger partial charge in [0.25, 0.3) is 10.2 Å². The number of carbonyl (C=O) groups excluding carboxylic acids is 11. The molecule has 6 atom stereocenters. The van der Waals surface area contributed by atoms with Crippen LogP contribution in [0.25, 0.3) is 0 Å². The van der Waals surface area contributed by atoms with Crippen molar-refractivity contribution in [2.45, 2.75) is 199 Å². The molecular weight excluding hydrogens is 1540 g/mol. The van der Waals surface area contributed by atoms with Crippen LogP contribution in [0.2, 0.25) is 0 Å². The van der Waals surface area contributed by atoms with Gasteiger partial charge in [0.2, 0.25) is 52.4 Å². The fourth-order valence-electron chi connectivity index (χ4n) is 8.65. The lowest BCUT2D eigenvalue weighted by molar-refractivity contribution is -0.142. The highest BCUT2D eigenvalue weighted by atomic mass is 32.2. The van der Waals surface area contributed by atoms with E-state index in [0.717, 1.165) is 70.8 Å². The average molecular weight is 1640 g/mol. The summed E-state index contributed by atoms with van der Waals surface area (Å²) >= 11 is 11.9. The first kappa shape index (κ1) is 97.2. The van der Waals surface area contributed by atoms with Gasteiger partial charge in [-0.3, -0.25) is 52.7 Å². The second kappa shape index (κ2) is 47.2. The fourth-order valence-corrected chi connectivity index (χ4v) is 17.5. The van der Waals surface area contributed by atoms with Crippen LogP contribution in [0.15, 0.2) is 116 Å². The van der Waals surface area contributed by atoms with Crippen molar-refractivity contribution in [3.8, 4) is 0 Å². The van der Waals surface area contributed by atoms with Gasteiger partial charge in [0, 0.05) is 69.5 Å². The first-order chi connectivity index (χ1) is 48.3. The SMILES string of the molecule is CC(C)(C)C1=CCSC1=O.CC(C)(C)OC1=C(O)CSC1=O.CC1=C(C)C(C)SC1=O.CC1=C(O)C(C)(C)SC1=O.CCC1=C(O)C(C)SC1=O.CCCC1SC(=O)C=C1O.CCOC(=O)CC1=CCSC1=O.CCOC1=CC(=O)SC1C.COC1=C(OC)C(O)SC1=O.O=C1C=C(O)C(CCO)S1. The molecule has 10 aliphatic rings. The molecule has 0 aromatic rings. The van der Waals surface area contributed by atoms with E-state index in [1.807, 2.05) is 89.2 Å². The van der Waals surface area contributed by atoms with E-state index in [1.165, 1.54) is 114 Å². The van der Waals surface area contributed by atoms with Crippen molar-refractivity contribution in [2.75, 3.05) is 51.3 Å². The molecule has 0 saturated heterocycles. The molecule has 0 aromatic heterocycles. The first-order valence-corrected chi connectivity index (χ1v) is 41.8. The van der Waals surface area contributed by atoms with E-state index in [0.29, 0.717) is 59.5 Å². The van der Waals surface area contributed by atoms with Gasteiger partial charge in [-0.2, -0.15) is 0 Å². The van der Waals surface area contributed by atoms with Gasteiger partial charge in [-0.1, -0.05) is 165 Å². The molecule has 33 heteroatoms. The summed E-state index contributed by atoms with van der Waals surface area (Å²) in [5.74, 6) is 3.70. The molecule has 0 spiro atoms. The van der Waals surface area contributed by atoms with E-state index in [4.69, 9.17) is 44.1 Å². The topological polar surface area (TPSA) is 376 Å². The number of thioether (sulfide) groups is 10. The van der Waals surface area contributed by atoms with Crippen molar-refractivity contribution in [3.05, 3.63) is 116 Å². The van der Waals surface area contributed by atoms with Gasteiger partial charge < -0.3 is 59.4 Å². The number of hydrogen-bond donors (Lipinski definition) is 7. The smallest absolute Gasteiger partial charge is 0.310 e. The third-order valence-corrected chi connectivity index (χ3v) is 24.3. The third-order valence-electron chi connectivity index (χ3n) is 14.3. The number of aliphatic hydroxyl groups is 7. The van der Waals surface area contributed by atoms with Crippen molar-refractivity contribution in [1.29, 1.82) is 0 Å². The Bertz CT molecular complexity index is 3420. The van der Waals surface area contributed by atoms with Crippen LogP contribution >= 0.6 is 118 Å². The van der Waals surface area contributed by atoms with Crippen molar-refractivity contribution in [1.82, 2.24) is 0 Å². The average Bonchev–Trinajstić information content (AvgIpc) is 1.67. The molecular formula is C71H100O23S10. The molecule has 0 bridgehead atoms. The zero-order chi connectivity index (χ0) is 79.9.